The van der Waals surface area contributed by atoms with E-state index in [1.165, 1.54) is 6.42 Å². The van der Waals surface area contributed by atoms with Gasteiger partial charge in [0.05, 0.1) is 6.07 Å². The zero-order chi connectivity index (χ0) is 11.6. The van der Waals surface area contributed by atoms with E-state index in [1.54, 1.807) is 0 Å². The molecule has 0 aromatic heterocycles. The zero-order valence-electron chi connectivity index (χ0n) is 10.0. The minimum Gasteiger partial charge on any atom is -0.355 e. The molecule has 0 spiro atoms. The average molecular weight is 208 g/mol. The number of hydrogen-bond acceptors (Lipinski definition) is 2. The summed E-state index contributed by atoms with van der Waals surface area (Å²) < 4.78 is 0. The van der Waals surface area contributed by atoms with Gasteiger partial charge in [0.1, 0.15) is 5.92 Å². The first-order valence-electron chi connectivity index (χ1n) is 5.56. The highest BCUT2D eigenvalue weighted by molar-refractivity contribution is 5.81. The molecule has 15 heavy (non-hydrogen) atoms. The Labute approximate surface area is 91.9 Å². The Hall–Kier alpha value is -1.04. The predicted molar refractivity (Wildman–Crippen MR) is 58.8 cm³/mol. The third kappa shape index (κ3) is 2.95. The van der Waals surface area contributed by atoms with Crippen molar-refractivity contribution in [3.8, 4) is 6.07 Å². The molecule has 1 N–H and O–H groups in total. The van der Waals surface area contributed by atoms with E-state index in [4.69, 9.17) is 5.26 Å². The lowest BCUT2D eigenvalue weighted by Gasteiger charge is -2.13. The Kier molecular flexibility index (Phi) is 3.38. The molecular weight excluding hydrogens is 188 g/mol. The number of nitrogens with zero attached hydrogens (tertiary/aromatic N) is 1. The van der Waals surface area contributed by atoms with Gasteiger partial charge in [-0.2, -0.15) is 5.26 Å². The van der Waals surface area contributed by atoms with E-state index in [2.05, 4.69) is 25.2 Å². The van der Waals surface area contributed by atoms with E-state index in [0.717, 1.165) is 6.54 Å². The van der Waals surface area contributed by atoms with Crippen LogP contribution in [0.1, 0.15) is 34.1 Å². The second kappa shape index (κ2) is 4.22. The molecule has 1 aliphatic rings. The SMILES string of the molecule is CC(C)C(C#N)C(=O)NCC1CC1(C)C. The maximum absolute atomic E-state index is 11.6. The molecule has 1 rings (SSSR count). The van der Waals surface area contributed by atoms with Crippen molar-refractivity contribution in [2.75, 3.05) is 6.54 Å². The van der Waals surface area contributed by atoms with Gasteiger partial charge in [-0.1, -0.05) is 27.7 Å². The van der Waals surface area contributed by atoms with E-state index in [0.29, 0.717) is 11.3 Å². The molecule has 0 saturated heterocycles. The number of rotatable bonds is 4. The summed E-state index contributed by atoms with van der Waals surface area (Å²) in [7, 11) is 0. The van der Waals surface area contributed by atoms with E-state index in [-0.39, 0.29) is 11.8 Å². The molecular formula is C12H20N2O. The summed E-state index contributed by atoms with van der Waals surface area (Å²) in [6, 6.07) is 2.05. The fraction of sp³-hybridized carbons (Fsp3) is 0.833. The molecule has 1 saturated carbocycles. The van der Waals surface area contributed by atoms with Crippen LogP contribution in [0.4, 0.5) is 0 Å². The largest absolute Gasteiger partial charge is 0.355 e. The van der Waals surface area contributed by atoms with Crippen LogP contribution in [-0.2, 0) is 4.79 Å². The first kappa shape index (κ1) is 12.0. The van der Waals surface area contributed by atoms with Crippen molar-refractivity contribution >= 4 is 5.91 Å². The summed E-state index contributed by atoms with van der Waals surface area (Å²) in [5, 5.41) is 11.7. The first-order valence-corrected chi connectivity index (χ1v) is 5.56. The van der Waals surface area contributed by atoms with E-state index in [9.17, 15) is 4.79 Å². The van der Waals surface area contributed by atoms with Crippen LogP contribution in [0.5, 0.6) is 0 Å². The van der Waals surface area contributed by atoms with Gasteiger partial charge in [0, 0.05) is 6.54 Å². The minimum atomic E-state index is -0.508. The fourth-order valence-electron chi connectivity index (χ4n) is 1.77. The standard InChI is InChI=1S/C12H20N2O/c1-8(2)10(6-13)11(15)14-7-9-5-12(9,3)4/h8-10H,5,7H2,1-4H3,(H,14,15). The van der Waals surface area contributed by atoms with Crippen LogP contribution in [-0.4, -0.2) is 12.5 Å². The fourth-order valence-corrected chi connectivity index (χ4v) is 1.77. The molecule has 0 aromatic rings. The second-order valence-electron chi connectivity index (χ2n) is 5.49. The molecule has 1 amide bonds. The lowest BCUT2D eigenvalue weighted by atomic mass is 9.96. The van der Waals surface area contributed by atoms with Gasteiger partial charge in [-0.3, -0.25) is 4.79 Å². The highest BCUT2D eigenvalue weighted by atomic mass is 16.1. The smallest absolute Gasteiger partial charge is 0.237 e. The summed E-state index contributed by atoms with van der Waals surface area (Å²) in [6.45, 7) is 8.92. The lowest BCUT2D eigenvalue weighted by molar-refractivity contribution is -0.124. The van der Waals surface area contributed by atoms with E-state index >= 15 is 0 Å². The lowest BCUT2D eigenvalue weighted by Crippen LogP contribution is -2.34. The number of carbonyl (C=O) groups excluding carboxylic acids is 1. The summed E-state index contributed by atoms with van der Waals surface area (Å²) in [5.74, 6) is 0.0530. The predicted octanol–water partition coefficient (Wildman–Crippen LogP) is 1.94. The molecule has 2 atom stereocenters. The molecule has 1 aliphatic carbocycles. The molecule has 3 heteroatoms. The number of nitrogens with one attached hydrogen (secondary N) is 1. The van der Waals surface area contributed by atoms with Gasteiger partial charge in [-0.25, -0.2) is 0 Å². The second-order valence-corrected chi connectivity index (χ2v) is 5.49. The Balaban J connectivity index is 2.34. The zero-order valence-corrected chi connectivity index (χ0v) is 10.0. The summed E-state index contributed by atoms with van der Waals surface area (Å²) in [4.78, 5) is 11.6. The van der Waals surface area contributed by atoms with Gasteiger partial charge in [0.15, 0.2) is 0 Å². The maximum Gasteiger partial charge on any atom is 0.237 e. The highest BCUT2D eigenvalue weighted by Crippen LogP contribution is 2.50. The van der Waals surface area contributed by atoms with E-state index in [1.807, 2.05) is 13.8 Å². The van der Waals surface area contributed by atoms with Gasteiger partial charge in [-0.15, -0.1) is 0 Å². The monoisotopic (exact) mass is 208 g/mol. The normalized spacial score (nSPS) is 24.4. The van der Waals surface area contributed by atoms with Gasteiger partial charge in [-0.05, 0) is 23.7 Å². The van der Waals surface area contributed by atoms with Gasteiger partial charge in [0.2, 0.25) is 5.91 Å². The Morgan fingerprint density at radius 3 is 2.47 bits per heavy atom. The van der Waals surface area contributed by atoms with Crippen molar-refractivity contribution in [2.24, 2.45) is 23.2 Å². The van der Waals surface area contributed by atoms with Gasteiger partial charge < -0.3 is 5.32 Å². The third-order valence-electron chi connectivity index (χ3n) is 3.33. The first-order chi connectivity index (χ1) is 6.88. The van der Waals surface area contributed by atoms with Gasteiger partial charge >= 0.3 is 0 Å². The number of hydrogen-bond donors (Lipinski definition) is 1. The van der Waals surface area contributed by atoms with Crippen molar-refractivity contribution in [2.45, 2.75) is 34.1 Å². The Morgan fingerprint density at radius 2 is 2.13 bits per heavy atom. The third-order valence-corrected chi connectivity index (χ3v) is 3.33. The van der Waals surface area contributed by atoms with Crippen molar-refractivity contribution in [3.05, 3.63) is 0 Å². The topological polar surface area (TPSA) is 52.9 Å². The quantitative estimate of drug-likeness (QED) is 0.767. The van der Waals surface area contributed by atoms with Crippen molar-refractivity contribution in [1.29, 1.82) is 5.26 Å². The Morgan fingerprint density at radius 1 is 1.60 bits per heavy atom. The van der Waals surface area contributed by atoms with Crippen LogP contribution >= 0.6 is 0 Å². The maximum atomic E-state index is 11.6. The summed E-state index contributed by atoms with van der Waals surface area (Å²) in [6.07, 6.45) is 1.17. The minimum absolute atomic E-state index is 0.0854. The molecule has 0 aromatic carbocycles. The van der Waals surface area contributed by atoms with Crippen LogP contribution in [0, 0.1) is 34.5 Å². The molecule has 1 fully saturated rings. The highest BCUT2D eigenvalue weighted by Gasteiger charge is 2.45. The molecule has 84 valence electrons. The molecule has 2 unspecified atom stereocenters. The summed E-state index contributed by atoms with van der Waals surface area (Å²) >= 11 is 0. The molecule has 0 heterocycles. The Bertz CT molecular complexity index is 288. The van der Waals surface area contributed by atoms with Crippen LogP contribution in [0.25, 0.3) is 0 Å². The molecule has 3 nitrogen and oxygen atoms in total. The van der Waals surface area contributed by atoms with Crippen molar-refractivity contribution in [3.63, 3.8) is 0 Å². The molecule has 0 radical (unpaired) electrons. The molecule has 0 bridgehead atoms. The number of nitriles is 1. The van der Waals surface area contributed by atoms with Crippen LogP contribution in [0.2, 0.25) is 0 Å². The number of amides is 1. The summed E-state index contributed by atoms with van der Waals surface area (Å²) in [5.41, 5.74) is 0.382. The van der Waals surface area contributed by atoms with Crippen molar-refractivity contribution < 1.29 is 4.79 Å². The van der Waals surface area contributed by atoms with Crippen LogP contribution in [0.3, 0.4) is 0 Å². The molecule has 0 aliphatic heterocycles. The number of carbonyl (C=O) groups is 1. The van der Waals surface area contributed by atoms with Gasteiger partial charge in [0.25, 0.3) is 0 Å². The average Bonchev–Trinajstić information content (AvgIpc) is 2.71. The van der Waals surface area contributed by atoms with Crippen LogP contribution in [0.15, 0.2) is 0 Å². The van der Waals surface area contributed by atoms with Crippen LogP contribution < -0.4 is 5.32 Å². The van der Waals surface area contributed by atoms with Crippen molar-refractivity contribution in [1.82, 2.24) is 5.32 Å². The van der Waals surface area contributed by atoms with E-state index < -0.39 is 5.92 Å².